The van der Waals surface area contributed by atoms with Crippen LogP contribution in [0.5, 0.6) is 0 Å². The van der Waals surface area contributed by atoms with Crippen molar-refractivity contribution in [1.82, 2.24) is 9.55 Å². The number of benzene rings is 1. The van der Waals surface area contributed by atoms with Crippen LogP contribution in [0, 0.1) is 19.7 Å². The van der Waals surface area contributed by atoms with Crippen molar-refractivity contribution in [3.8, 4) is 0 Å². The highest BCUT2D eigenvalue weighted by Gasteiger charge is 2.12. The first-order chi connectivity index (χ1) is 8.91. The average molecular weight is 390 g/mol. The van der Waals surface area contributed by atoms with Crippen LogP contribution in [0.4, 0.5) is 4.39 Å². The maximum atomic E-state index is 13.5. The second-order valence-electron chi connectivity index (χ2n) is 4.18. The third-order valence-electron chi connectivity index (χ3n) is 2.89. The molecule has 0 bridgehead atoms. The molecule has 0 amide bonds. The molecule has 2 aromatic rings. The smallest absolute Gasteiger partial charge is 0.291 e. The summed E-state index contributed by atoms with van der Waals surface area (Å²) in [6.07, 6.45) is 0. The molecule has 2 rings (SSSR count). The van der Waals surface area contributed by atoms with Crippen LogP contribution >= 0.6 is 31.9 Å². The molecule has 100 valence electrons. The molecule has 0 aliphatic heterocycles. The molecule has 6 heteroatoms. The Bertz CT molecular complexity index is 698. The summed E-state index contributed by atoms with van der Waals surface area (Å²) in [5, 5.41) is 0. The highest BCUT2D eigenvalue weighted by atomic mass is 79.9. The van der Waals surface area contributed by atoms with Crippen molar-refractivity contribution in [2.75, 3.05) is 0 Å². The van der Waals surface area contributed by atoms with Gasteiger partial charge in [-0.3, -0.25) is 4.57 Å². The van der Waals surface area contributed by atoms with Crippen LogP contribution in [-0.2, 0) is 6.54 Å². The highest BCUT2D eigenvalue weighted by molar-refractivity contribution is 9.10. The van der Waals surface area contributed by atoms with Gasteiger partial charge in [0.2, 0.25) is 0 Å². The minimum Gasteiger partial charge on any atom is -0.291 e. The zero-order valence-electron chi connectivity index (χ0n) is 10.4. The second kappa shape index (κ2) is 5.54. The van der Waals surface area contributed by atoms with Gasteiger partial charge < -0.3 is 0 Å². The van der Waals surface area contributed by atoms with Crippen molar-refractivity contribution >= 4 is 31.9 Å². The molecule has 0 radical (unpaired) electrons. The monoisotopic (exact) mass is 388 g/mol. The quantitative estimate of drug-likeness (QED) is 0.786. The lowest BCUT2D eigenvalue weighted by molar-refractivity contribution is 0.612. The van der Waals surface area contributed by atoms with E-state index in [1.54, 1.807) is 19.1 Å². The third kappa shape index (κ3) is 2.79. The van der Waals surface area contributed by atoms with E-state index in [1.165, 1.54) is 10.6 Å². The van der Waals surface area contributed by atoms with Gasteiger partial charge in [0.1, 0.15) is 5.82 Å². The molecule has 0 aliphatic carbocycles. The number of aromatic nitrogens is 2. The molecule has 3 nitrogen and oxygen atoms in total. The van der Waals surface area contributed by atoms with Crippen LogP contribution in [-0.4, -0.2) is 9.55 Å². The van der Waals surface area contributed by atoms with E-state index in [2.05, 4.69) is 36.8 Å². The van der Waals surface area contributed by atoms with Crippen LogP contribution in [0.3, 0.4) is 0 Å². The lowest BCUT2D eigenvalue weighted by atomic mass is 10.2. The lowest BCUT2D eigenvalue weighted by Crippen LogP contribution is -2.27. The Kier molecular flexibility index (Phi) is 4.20. The molecule has 0 spiro atoms. The van der Waals surface area contributed by atoms with E-state index in [4.69, 9.17) is 0 Å². The van der Waals surface area contributed by atoms with E-state index in [0.717, 1.165) is 10.2 Å². The Morgan fingerprint density at radius 2 is 1.95 bits per heavy atom. The van der Waals surface area contributed by atoms with Crippen LogP contribution in [0.1, 0.15) is 17.0 Å². The van der Waals surface area contributed by atoms with Gasteiger partial charge in [-0.25, -0.2) is 9.18 Å². The third-order valence-corrected chi connectivity index (χ3v) is 4.93. The number of hydrogen-bond donors (Lipinski definition) is 0. The fourth-order valence-electron chi connectivity index (χ4n) is 1.80. The van der Waals surface area contributed by atoms with Crippen molar-refractivity contribution in [2.45, 2.75) is 20.4 Å². The number of aryl methyl sites for hydroxylation is 1. The fraction of sp³-hybridized carbons (Fsp3) is 0.231. The molecule has 19 heavy (non-hydrogen) atoms. The number of nitrogens with zero attached hydrogens (tertiary/aromatic N) is 2. The largest absolute Gasteiger partial charge is 0.348 e. The second-order valence-corrected chi connectivity index (χ2v) is 5.76. The van der Waals surface area contributed by atoms with Crippen LogP contribution in [0.2, 0.25) is 0 Å². The zero-order chi connectivity index (χ0) is 14.2. The minimum atomic E-state index is -0.345. The van der Waals surface area contributed by atoms with Gasteiger partial charge in [0.05, 0.1) is 21.2 Å². The number of rotatable bonds is 2. The Morgan fingerprint density at radius 3 is 2.63 bits per heavy atom. The molecule has 0 saturated carbocycles. The van der Waals surface area contributed by atoms with Gasteiger partial charge in [0, 0.05) is 5.69 Å². The Morgan fingerprint density at radius 1 is 1.26 bits per heavy atom. The number of halogens is 3. The van der Waals surface area contributed by atoms with Crippen molar-refractivity contribution in [3.63, 3.8) is 0 Å². The minimum absolute atomic E-state index is 0.273. The first-order valence-electron chi connectivity index (χ1n) is 5.58. The standard InChI is InChI=1S/C13H11Br2FN2O/c1-7-11(14)8(2)18(13(19)17-7)6-9-4-3-5-10(16)12(9)15/h3-5H,6H2,1-2H3. The Balaban J connectivity index is 2.53. The van der Waals surface area contributed by atoms with Gasteiger partial charge in [-0.05, 0) is 57.3 Å². The van der Waals surface area contributed by atoms with E-state index in [-0.39, 0.29) is 18.1 Å². The van der Waals surface area contributed by atoms with Gasteiger partial charge in [0.25, 0.3) is 0 Å². The van der Waals surface area contributed by atoms with Gasteiger partial charge in [-0.1, -0.05) is 12.1 Å². The highest BCUT2D eigenvalue weighted by Crippen LogP contribution is 2.23. The molecule has 1 heterocycles. The van der Waals surface area contributed by atoms with Gasteiger partial charge in [0.15, 0.2) is 0 Å². The molecule has 1 aromatic carbocycles. The fourth-order valence-corrected chi connectivity index (χ4v) is 2.50. The summed E-state index contributed by atoms with van der Waals surface area (Å²) >= 11 is 6.60. The van der Waals surface area contributed by atoms with Gasteiger partial charge >= 0.3 is 5.69 Å². The van der Waals surface area contributed by atoms with E-state index in [1.807, 2.05) is 6.92 Å². The molecule has 0 atom stereocenters. The van der Waals surface area contributed by atoms with Crippen LogP contribution in [0.15, 0.2) is 31.9 Å². The van der Waals surface area contributed by atoms with E-state index in [0.29, 0.717) is 15.7 Å². The SMILES string of the molecule is Cc1nc(=O)n(Cc2cccc(F)c2Br)c(C)c1Br. The summed E-state index contributed by atoms with van der Waals surface area (Å²) in [6, 6.07) is 4.76. The summed E-state index contributed by atoms with van der Waals surface area (Å²) in [6.45, 7) is 3.86. The normalized spacial score (nSPS) is 10.8. The average Bonchev–Trinajstić information content (AvgIpc) is 2.37. The molecule has 0 fully saturated rings. The van der Waals surface area contributed by atoms with Crippen LogP contribution < -0.4 is 5.69 Å². The molecule has 0 unspecified atom stereocenters. The van der Waals surface area contributed by atoms with Gasteiger partial charge in [-0.15, -0.1) is 0 Å². The van der Waals surface area contributed by atoms with Crippen molar-refractivity contribution in [2.24, 2.45) is 0 Å². The summed E-state index contributed by atoms with van der Waals surface area (Å²) in [7, 11) is 0. The molecule has 0 N–H and O–H groups in total. The summed E-state index contributed by atoms with van der Waals surface area (Å²) in [4.78, 5) is 15.9. The first-order valence-corrected chi connectivity index (χ1v) is 7.17. The maximum Gasteiger partial charge on any atom is 0.348 e. The van der Waals surface area contributed by atoms with Crippen molar-refractivity contribution < 1.29 is 4.39 Å². The lowest BCUT2D eigenvalue weighted by Gasteiger charge is -2.13. The maximum absolute atomic E-state index is 13.5. The van der Waals surface area contributed by atoms with Crippen LogP contribution in [0.25, 0.3) is 0 Å². The first kappa shape index (κ1) is 14.4. The summed E-state index contributed by atoms with van der Waals surface area (Å²) in [5.41, 5.74) is 1.78. The predicted octanol–water partition coefficient (Wildman–Crippen LogP) is 3.57. The molecular weight excluding hydrogens is 379 g/mol. The topological polar surface area (TPSA) is 34.9 Å². The van der Waals surface area contributed by atoms with E-state index < -0.39 is 0 Å². The van der Waals surface area contributed by atoms with Crippen molar-refractivity contribution in [1.29, 1.82) is 0 Å². The van der Waals surface area contributed by atoms with E-state index in [9.17, 15) is 9.18 Å². The molecular formula is C13H11Br2FN2O. The zero-order valence-corrected chi connectivity index (χ0v) is 13.5. The van der Waals surface area contributed by atoms with Crippen molar-refractivity contribution in [3.05, 3.63) is 60.4 Å². The Labute approximate surface area is 126 Å². The summed E-state index contributed by atoms with van der Waals surface area (Å²) < 4.78 is 16.1. The molecule has 0 aliphatic rings. The predicted molar refractivity (Wildman–Crippen MR) is 78.9 cm³/mol. The summed E-state index contributed by atoms with van der Waals surface area (Å²) in [5.74, 6) is -0.345. The number of hydrogen-bond acceptors (Lipinski definition) is 2. The van der Waals surface area contributed by atoms with E-state index >= 15 is 0 Å². The van der Waals surface area contributed by atoms with Gasteiger partial charge in [-0.2, -0.15) is 4.98 Å². The Hall–Kier alpha value is -1.01. The molecule has 1 aromatic heterocycles. The molecule has 0 saturated heterocycles.